The minimum atomic E-state index is -4.52. The van der Waals surface area contributed by atoms with Gasteiger partial charge in [-0.05, 0) is 36.2 Å². The Morgan fingerprint density at radius 2 is 1.97 bits per heavy atom. The minimum Gasteiger partial charge on any atom is -0.337 e. The van der Waals surface area contributed by atoms with E-state index < -0.39 is 23.6 Å². The van der Waals surface area contributed by atoms with Crippen molar-refractivity contribution in [3.05, 3.63) is 88.9 Å². The van der Waals surface area contributed by atoms with Crippen molar-refractivity contribution in [1.29, 1.82) is 0 Å². The van der Waals surface area contributed by atoms with Gasteiger partial charge in [-0.2, -0.15) is 13.2 Å². The second kappa shape index (κ2) is 10.7. The van der Waals surface area contributed by atoms with Crippen molar-refractivity contribution in [2.45, 2.75) is 25.1 Å². The SMILES string of the molecule is O=C(Nc1nc2ccc(NC(=O)C(CCn3ccnc3)c3cccc(C(F)(F)F)c3)cc2s1)c1cscn1. The number of rotatable bonds is 8. The van der Waals surface area contributed by atoms with Gasteiger partial charge in [-0.15, -0.1) is 11.3 Å². The summed E-state index contributed by atoms with van der Waals surface area (Å²) in [6.45, 7) is 0.393. The largest absolute Gasteiger partial charge is 0.416 e. The highest BCUT2D eigenvalue weighted by molar-refractivity contribution is 7.22. The van der Waals surface area contributed by atoms with E-state index in [-0.39, 0.29) is 17.9 Å². The molecule has 0 saturated heterocycles. The van der Waals surface area contributed by atoms with Gasteiger partial charge in [0.05, 0.1) is 33.5 Å². The number of alkyl halides is 3. The van der Waals surface area contributed by atoms with Crippen LogP contribution in [0.25, 0.3) is 10.2 Å². The van der Waals surface area contributed by atoms with E-state index in [1.54, 1.807) is 52.4 Å². The van der Waals surface area contributed by atoms with Crippen molar-refractivity contribution < 1.29 is 22.8 Å². The van der Waals surface area contributed by atoms with Crippen LogP contribution in [0.2, 0.25) is 0 Å². The van der Waals surface area contributed by atoms with Crippen molar-refractivity contribution in [3.63, 3.8) is 0 Å². The molecule has 194 valence electrons. The number of amides is 2. The molecule has 3 heterocycles. The number of halogens is 3. The fourth-order valence-electron chi connectivity index (χ4n) is 3.85. The Balaban J connectivity index is 1.36. The molecule has 0 aliphatic heterocycles. The number of thiazole rings is 2. The molecular weight excluding hydrogens is 537 g/mol. The normalized spacial score (nSPS) is 12.4. The first kappa shape index (κ1) is 25.5. The Bertz CT molecular complexity index is 1570. The first-order chi connectivity index (χ1) is 18.3. The number of nitrogens with one attached hydrogen (secondary N) is 2. The number of imidazole rings is 1. The molecule has 2 amide bonds. The Morgan fingerprint density at radius 3 is 2.71 bits per heavy atom. The lowest BCUT2D eigenvalue weighted by atomic mass is 9.93. The first-order valence-electron chi connectivity index (χ1n) is 11.3. The van der Waals surface area contributed by atoms with Crippen LogP contribution < -0.4 is 10.6 Å². The smallest absolute Gasteiger partial charge is 0.337 e. The quantitative estimate of drug-likeness (QED) is 0.243. The van der Waals surface area contributed by atoms with Gasteiger partial charge in [-0.1, -0.05) is 29.5 Å². The van der Waals surface area contributed by atoms with Gasteiger partial charge in [0.25, 0.3) is 5.91 Å². The zero-order valence-electron chi connectivity index (χ0n) is 19.5. The molecule has 5 aromatic rings. The Kier molecular flexibility index (Phi) is 7.20. The molecule has 0 fully saturated rings. The van der Waals surface area contributed by atoms with Crippen LogP contribution in [0.1, 0.15) is 34.0 Å². The minimum absolute atomic E-state index is 0.263. The number of anilines is 2. The highest BCUT2D eigenvalue weighted by atomic mass is 32.1. The number of nitrogens with zero attached hydrogens (tertiary/aromatic N) is 4. The van der Waals surface area contributed by atoms with Crippen LogP contribution in [0.5, 0.6) is 0 Å². The molecule has 38 heavy (non-hydrogen) atoms. The summed E-state index contributed by atoms with van der Waals surface area (Å²) in [7, 11) is 0. The molecule has 0 aliphatic rings. The van der Waals surface area contributed by atoms with E-state index >= 15 is 0 Å². The van der Waals surface area contributed by atoms with Crippen LogP contribution in [0.4, 0.5) is 24.0 Å². The third kappa shape index (κ3) is 5.89. The number of carbonyl (C=O) groups is 2. The molecule has 0 bridgehead atoms. The Labute approximate surface area is 222 Å². The number of hydrogen-bond acceptors (Lipinski definition) is 7. The van der Waals surface area contributed by atoms with Crippen LogP contribution in [0.3, 0.4) is 0 Å². The fourth-order valence-corrected chi connectivity index (χ4v) is 5.28. The molecule has 0 aliphatic carbocycles. The number of hydrogen-bond donors (Lipinski definition) is 2. The van der Waals surface area contributed by atoms with E-state index in [2.05, 4.69) is 25.6 Å². The van der Waals surface area contributed by atoms with Crippen LogP contribution in [-0.2, 0) is 17.5 Å². The lowest BCUT2D eigenvalue weighted by Crippen LogP contribution is -2.23. The predicted octanol–water partition coefficient (Wildman–Crippen LogP) is 6.03. The van der Waals surface area contributed by atoms with Gasteiger partial charge < -0.3 is 9.88 Å². The third-order valence-electron chi connectivity index (χ3n) is 5.71. The molecule has 0 saturated carbocycles. The molecule has 0 spiro atoms. The molecule has 1 atom stereocenters. The van der Waals surface area contributed by atoms with Crippen LogP contribution in [0, 0.1) is 0 Å². The zero-order chi connectivity index (χ0) is 26.7. The number of benzene rings is 2. The van der Waals surface area contributed by atoms with Crippen LogP contribution >= 0.6 is 22.7 Å². The maximum atomic E-state index is 13.4. The van der Waals surface area contributed by atoms with Crippen LogP contribution in [-0.4, -0.2) is 31.3 Å². The summed E-state index contributed by atoms with van der Waals surface area (Å²) in [5.74, 6) is -1.66. The van der Waals surface area contributed by atoms with E-state index in [0.717, 1.165) is 12.1 Å². The average Bonchev–Trinajstić information content (AvgIpc) is 3.65. The second-order valence-electron chi connectivity index (χ2n) is 8.28. The standard InChI is InChI=1S/C25H19F3N6O2S2/c26-25(27,28)16-3-1-2-15(10-16)18(6-8-34-9-7-29-13-34)22(35)31-17-4-5-19-21(11-17)38-24(32-19)33-23(36)20-12-37-14-30-20/h1-5,7,9-14,18H,6,8H2,(H,31,35)(H,32,33,36). The predicted molar refractivity (Wildman–Crippen MR) is 139 cm³/mol. The van der Waals surface area contributed by atoms with Gasteiger partial charge in [-0.3, -0.25) is 14.9 Å². The molecular formula is C25H19F3N6O2S2. The highest BCUT2D eigenvalue weighted by Crippen LogP contribution is 2.33. The first-order valence-corrected chi connectivity index (χ1v) is 13.1. The number of aryl methyl sites for hydroxylation is 1. The van der Waals surface area contributed by atoms with E-state index in [1.165, 1.54) is 34.8 Å². The molecule has 0 radical (unpaired) electrons. The van der Waals surface area contributed by atoms with Gasteiger partial charge in [0.2, 0.25) is 5.91 Å². The number of carbonyl (C=O) groups excluding carboxylic acids is 2. The van der Waals surface area contributed by atoms with E-state index in [9.17, 15) is 22.8 Å². The summed E-state index contributed by atoms with van der Waals surface area (Å²) < 4.78 is 42.5. The number of aromatic nitrogens is 4. The van der Waals surface area contributed by atoms with Crippen molar-refractivity contribution in [2.24, 2.45) is 0 Å². The van der Waals surface area contributed by atoms with Gasteiger partial charge in [0, 0.05) is 30.0 Å². The monoisotopic (exact) mass is 556 g/mol. The lowest BCUT2D eigenvalue weighted by Gasteiger charge is -2.19. The van der Waals surface area contributed by atoms with Gasteiger partial charge in [0.15, 0.2) is 5.13 Å². The van der Waals surface area contributed by atoms with Gasteiger partial charge in [-0.25, -0.2) is 15.0 Å². The third-order valence-corrected chi connectivity index (χ3v) is 7.23. The van der Waals surface area contributed by atoms with Crippen LogP contribution in [0.15, 0.2) is 72.1 Å². The van der Waals surface area contributed by atoms with Gasteiger partial charge >= 0.3 is 6.18 Å². The van der Waals surface area contributed by atoms with E-state index in [0.29, 0.717) is 33.3 Å². The summed E-state index contributed by atoms with van der Waals surface area (Å²) >= 11 is 2.53. The second-order valence-corrected chi connectivity index (χ2v) is 10.0. The van der Waals surface area contributed by atoms with E-state index in [4.69, 9.17) is 0 Å². The van der Waals surface area contributed by atoms with Crippen molar-refractivity contribution in [3.8, 4) is 0 Å². The molecule has 2 N–H and O–H groups in total. The Morgan fingerprint density at radius 1 is 1.11 bits per heavy atom. The van der Waals surface area contributed by atoms with E-state index in [1.807, 2.05) is 0 Å². The average molecular weight is 557 g/mol. The highest BCUT2D eigenvalue weighted by Gasteiger charge is 2.32. The Hall–Kier alpha value is -4.10. The summed E-state index contributed by atoms with van der Waals surface area (Å²) in [4.78, 5) is 38.0. The topological polar surface area (TPSA) is 102 Å². The molecule has 1 unspecified atom stereocenters. The lowest BCUT2D eigenvalue weighted by molar-refractivity contribution is -0.137. The van der Waals surface area contributed by atoms with Crippen molar-refractivity contribution in [2.75, 3.05) is 10.6 Å². The summed E-state index contributed by atoms with van der Waals surface area (Å²) in [5.41, 5.74) is 2.39. The molecule has 3 aromatic heterocycles. The maximum Gasteiger partial charge on any atom is 0.416 e. The molecule has 8 nitrogen and oxygen atoms in total. The number of fused-ring (bicyclic) bond motifs is 1. The summed E-state index contributed by atoms with van der Waals surface area (Å²) in [5, 5.41) is 7.55. The van der Waals surface area contributed by atoms with Crippen molar-refractivity contribution in [1.82, 2.24) is 19.5 Å². The molecule has 13 heteroatoms. The molecule has 5 rings (SSSR count). The molecule has 2 aromatic carbocycles. The maximum absolute atomic E-state index is 13.4. The van der Waals surface area contributed by atoms with Gasteiger partial charge in [0.1, 0.15) is 5.69 Å². The summed E-state index contributed by atoms with van der Waals surface area (Å²) in [6, 6.07) is 9.90. The fraction of sp³-hybridized carbons (Fsp3) is 0.160. The zero-order valence-corrected chi connectivity index (χ0v) is 21.1. The summed E-state index contributed by atoms with van der Waals surface area (Å²) in [6.07, 6.45) is 0.648. The van der Waals surface area contributed by atoms with Crippen molar-refractivity contribution >= 4 is 55.5 Å².